The lowest BCUT2D eigenvalue weighted by Crippen LogP contribution is -1.88. The van der Waals surface area contributed by atoms with E-state index in [9.17, 15) is 0 Å². The lowest BCUT2D eigenvalue weighted by atomic mass is 10.0. The Hall–Kier alpha value is -2.34. The average Bonchev–Trinajstić information content (AvgIpc) is 2.40. The molecule has 2 rings (SSSR count). The number of nitriles is 1. The van der Waals surface area contributed by atoms with Gasteiger partial charge in [-0.2, -0.15) is 5.26 Å². The number of rotatable bonds is 3. The molecule has 0 saturated heterocycles. The third-order valence-corrected chi connectivity index (χ3v) is 2.51. The van der Waals surface area contributed by atoms with Crippen LogP contribution in [0.5, 0.6) is 5.88 Å². The van der Waals surface area contributed by atoms with Crippen molar-refractivity contribution >= 4 is 0 Å². The molecule has 0 bridgehead atoms. The number of hydrogen-bond donors (Lipinski definition) is 0. The van der Waals surface area contributed by atoms with Crippen molar-refractivity contribution in [1.29, 1.82) is 5.26 Å². The Morgan fingerprint density at radius 3 is 2.59 bits per heavy atom. The largest absolute Gasteiger partial charge is 0.481 e. The van der Waals surface area contributed by atoms with Crippen LogP contribution in [0.2, 0.25) is 0 Å². The van der Waals surface area contributed by atoms with E-state index in [2.05, 4.69) is 11.1 Å². The van der Waals surface area contributed by atoms with Gasteiger partial charge in [-0.3, -0.25) is 0 Å². The Kier molecular flexibility index (Phi) is 3.37. The van der Waals surface area contributed by atoms with Gasteiger partial charge in [-0.25, -0.2) is 4.98 Å². The molecule has 3 heteroatoms. The summed E-state index contributed by atoms with van der Waals surface area (Å²) in [6, 6.07) is 13.9. The van der Waals surface area contributed by atoms with Gasteiger partial charge in [-0.05, 0) is 22.8 Å². The molecule has 0 radical (unpaired) electrons. The molecule has 0 spiro atoms. The second-order valence-corrected chi connectivity index (χ2v) is 3.62. The lowest BCUT2D eigenvalue weighted by Gasteiger charge is -2.04. The molecule has 0 N–H and O–H groups in total. The topological polar surface area (TPSA) is 45.9 Å². The highest BCUT2D eigenvalue weighted by Gasteiger charge is 2.00. The summed E-state index contributed by atoms with van der Waals surface area (Å²) in [5.41, 5.74) is 3.17. The van der Waals surface area contributed by atoms with Crippen molar-refractivity contribution < 1.29 is 4.74 Å². The molecule has 1 aromatic heterocycles. The molecule has 0 aliphatic carbocycles. The van der Waals surface area contributed by atoms with Crippen LogP contribution >= 0.6 is 0 Å². The van der Waals surface area contributed by atoms with Crippen LogP contribution in [0.25, 0.3) is 11.1 Å². The van der Waals surface area contributed by atoms with Gasteiger partial charge in [0.05, 0.1) is 19.6 Å². The second kappa shape index (κ2) is 5.13. The fraction of sp³-hybridized carbons (Fsp3) is 0.143. The summed E-state index contributed by atoms with van der Waals surface area (Å²) in [7, 11) is 1.60. The highest BCUT2D eigenvalue weighted by molar-refractivity contribution is 5.64. The quantitative estimate of drug-likeness (QED) is 0.805. The highest BCUT2D eigenvalue weighted by atomic mass is 16.5. The zero-order valence-corrected chi connectivity index (χ0v) is 9.55. The first-order valence-electron chi connectivity index (χ1n) is 5.30. The Bertz CT molecular complexity index is 541. The first-order valence-corrected chi connectivity index (χ1v) is 5.30. The van der Waals surface area contributed by atoms with Crippen LogP contribution in [0.4, 0.5) is 0 Å². The van der Waals surface area contributed by atoms with Crippen LogP contribution in [0.1, 0.15) is 5.56 Å². The fourth-order valence-electron chi connectivity index (χ4n) is 1.61. The monoisotopic (exact) mass is 224 g/mol. The summed E-state index contributed by atoms with van der Waals surface area (Å²) in [6.07, 6.45) is 2.16. The van der Waals surface area contributed by atoms with Crippen molar-refractivity contribution in [2.24, 2.45) is 0 Å². The summed E-state index contributed by atoms with van der Waals surface area (Å²) >= 11 is 0. The standard InChI is InChI=1S/C14H12N2O/c1-17-14-10-13(7-9-16-14)12-4-2-11(3-5-12)6-8-15/h2-5,7,9-10H,6H2,1H3. The van der Waals surface area contributed by atoms with E-state index in [1.54, 1.807) is 13.3 Å². The molecule has 0 aliphatic heterocycles. The highest BCUT2D eigenvalue weighted by Crippen LogP contribution is 2.22. The van der Waals surface area contributed by atoms with Crippen LogP contribution in [0.3, 0.4) is 0 Å². The number of ether oxygens (including phenoxy) is 1. The van der Waals surface area contributed by atoms with E-state index in [1.165, 1.54) is 0 Å². The molecule has 84 valence electrons. The molecule has 0 atom stereocenters. The predicted octanol–water partition coefficient (Wildman–Crippen LogP) is 2.82. The van der Waals surface area contributed by atoms with Gasteiger partial charge in [0.2, 0.25) is 5.88 Å². The maximum Gasteiger partial charge on any atom is 0.213 e. The Labute approximate surface area is 100 Å². The van der Waals surface area contributed by atoms with Gasteiger partial charge in [0, 0.05) is 12.3 Å². The summed E-state index contributed by atoms with van der Waals surface area (Å²) in [6.45, 7) is 0. The Morgan fingerprint density at radius 1 is 1.18 bits per heavy atom. The third-order valence-electron chi connectivity index (χ3n) is 2.51. The van der Waals surface area contributed by atoms with Crippen LogP contribution < -0.4 is 4.74 Å². The van der Waals surface area contributed by atoms with Crippen LogP contribution in [-0.2, 0) is 6.42 Å². The van der Waals surface area contributed by atoms with Crippen molar-refractivity contribution in [3.05, 3.63) is 48.2 Å². The van der Waals surface area contributed by atoms with Crippen LogP contribution in [0, 0.1) is 11.3 Å². The van der Waals surface area contributed by atoms with Gasteiger partial charge in [0.25, 0.3) is 0 Å². The predicted molar refractivity (Wildman–Crippen MR) is 65.5 cm³/mol. The molecule has 0 fully saturated rings. The molecule has 3 nitrogen and oxygen atoms in total. The van der Waals surface area contributed by atoms with Crippen LogP contribution in [-0.4, -0.2) is 12.1 Å². The minimum absolute atomic E-state index is 0.444. The number of aromatic nitrogens is 1. The maximum atomic E-state index is 8.60. The SMILES string of the molecule is COc1cc(-c2ccc(CC#N)cc2)ccn1. The molecular formula is C14H12N2O. The number of methoxy groups -OCH3 is 1. The van der Waals surface area contributed by atoms with Crippen molar-refractivity contribution in [2.75, 3.05) is 7.11 Å². The van der Waals surface area contributed by atoms with E-state index in [1.807, 2.05) is 36.4 Å². The number of hydrogen-bond acceptors (Lipinski definition) is 3. The zero-order chi connectivity index (χ0) is 12.1. The van der Waals surface area contributed by atoms with Crippen molar-refractivity contribution in [3.8, 4) is 23.1 Å². The summed E-state index contributed by atoms with van der Waals surface area (Å²) < 4.78 is 5.08. The van der Waals surface area contributed by atoms with Gasteiger partial charge in [-0.1, -0.05) is 24.3 Å². The number of pyridine rings is 1. The van der Waals surface area contributed by atoms with Crippen molar-refractivity contribution in [1.82, 2.24) is 4.98 Å². The number of benzene rings is 1. The van der Waals surface area contributed by atoms with Crippen molar-refractivity contribution in [2.45, 2.75) is 6.42 Å². The molecule has 2 aromatic rings. The summed E-state index contributed by atoms with van der Waals surface area (Å²) in [4.78, 5) is 4.07. The summed E-state index contributed by atoms with van der Waals surface area (Å²) in [5, 5.41) is 8.60. The first kappa shape index (κ1) is 11.2. The van der Waals surface area contributed by atoms with Gasteiger partial charge in [-0.15, -0.1) is 0 Å². The smallest absolute Gasteiger partial charge is 0.213 e. The van der Waals surface area contributed by atoms with Crippen molar-refractivity contribution in [3.63, 3.8) is 0 Å². The molecule has 1 heterocycles. The average molecular weight is 224 g/mol. The Morgan fingerprint density at radius 2 is 1.94 bits per heavy atom. The first-order chi connectivity index (χ1) is 8.33. The molecule has 0 saturated carbocycles. The van der Waals surface area contributed by atoms with E-state index >= 15 is 0 Å². The second-order valence-electron chi connectivity index (χ2n) is 3.62. The minimum atomic E-state index is 0.444. The molecule has 17 heavy (non-hydrogen) atoms. The fourth-order valence-corrected chi connectivity index (χ4v) is 1.61. The molecule has 1 aromatic carbocycles. The minimum Gasteiger partial charge on any atom is -0.481 e. The van der Waals surface area contributed by atoms with E-state index in [-0.39, 0.29) is 0 Å². The molecular weight excluding hydrogens is 212 g/mol. The lowest BCUT2D eigenvalue weighted by molar-refractivity contribution is 0.398. The van der Waals surface area contributed by atoms with Gasteiger partial charge < -0.3 is 4.74 Å². The van der Waals surface area contributed by atoms with E-state index < -0.39 is 0 Å². The molecule has 0 aliphatic rings. The normalized spacial score (nSPS) is 9.65. The van der Waals surface area contributed by atoms with Gasteiger partial charge in [0.15, 0.2) is 0 Å². The van der Waals surface area contributed by atoms with E-state index in [0.717, 1.165) is 16.7 Å². The van der Waals surface area contributed by atoms with Gasteiger partial charge in [0.1, 0.15) is 0 Å². The molecule has 0 unspecified atom stereocenters. The zero-order valence-electron chi connectivity index (χ0n) is 9.55. The van der Waals surface area contributed by atoms with E-state index in [0.29, 0.717) is 12.3 Å². The Balaban J connectivity index is 2.30. The maximum absolute atomic E-state index is 8.60. The van der Waals surface area contributed by atoms with E-state index in [4.69, 9.17) is 10.00 Å². The van der Waals surface area contributed by atoms with Gasteiger partial charge >= 0.3 is 0 Å². The van der Waals surface area contributed by atoms with Crippen LogP contribution in [0.15, 0.2) is 42.6 Å². The number of nitrogens with zero attached hydrogens (tertiary/aromatic N) is 2. The third kappa shape index (κ3) is 2.61. The molecule has 0 amide bonds. The summed E-state index contributed by atoms with van der Waals surface area (Å²) in [5.74, 6) is 0.601.